The lowest BCUT2D eigenvalue weighted by Gasteiger charge is -2.13. The molecule has 1 aromatic carbocycles. The Hall–Kier alpha value is -2.07. The quantitative estimate of drug-likeness (QED) is 0.461. The Balaban J connectivity index is 3.08. The van der Waals surface area contributed by atoms with Gasteiger partial charge in [-0.25, -0.2) is 0 Å². The Labute approximate surface area is 141 Å². The van der Waals surface area contributed by atoms with Crippen LogP contribution in [-0.4, -0.2) is 22.3 Å². The molecule has 0 saturated carbocycles. The number of ketones is 1. The molecule has 0 spiro atoms. The SMILES string of the molecule is CC(C)=CC(=O)C/C(C)=C/Cc1c(O)c(Cl)c(C)c(C=O)c1O. The van der Waals surface area contributed by atoms with Gasteiger partial charge in [0.15, 0.2) is 12.1 Å². The molecule has 0 radical (unpaired) electrons. The van der Waals surface area contributed by atoms with E-state index in [2.05, 4.69) is 0 Å². The van der Waals surface area contributed by atoms with E-state index in [1.165, 1.54) is 0 Å². The molecular weight excluding hydrogens is 316 g/mol. The topological polar surface area (TPSA) is 74.6 Å². The van der Waals surface area contributed by atoms with Gasteiger partial charge >= 0.3 is 0 Å². The summed E-state index contributed by atoms with van der Waals surface area (Å²) in [6.45, 7) is 7.04. The molecule has 2 N–H and O–H groups in total. The molecule has 0 aliphatic carbocycles. The van der Waals surface area contributed by atoms with Gasteiger partial charge in [-0.1, -0.05) is 28.8 Å². The van der Waals surface area contributed by atoms with E-state index in [-0.39, 0.29) is 46.3 Å². The van der Waals surface area contributed by atoms with E-state index in [1.807, 2.05) is 13.8 Å². The standard InChI is InChI=1S/C18H21ClO4/c1-10(2)7-13(21)8-11(3)5-6-14-17(22)15(9-20)12(4)16(19)18(14)23/h5,7,9,22-23H,6,8H2,1-4H3/b11-5+. The lowest BCUT2D eigenvalue weighted by molar-refractivity contribution is -0.114. The molecule has 0 aliphatic rings. The number of rotatable bonds is 6. The van der Waals surface area contributed by atoms with Crippen molar-refractivity contribution in [2.45, 2.75) is 40.5 Å². The second kappa shape index (κ2) is 7.97. The molecule has 0 saturated heterocycles. The van der Waals surface area contributed by atoms with E-state index < -0.39 is 0 Å². The summed E-state index contributed by atoms with van der Waals surface area (Å²) < 4.78 is 0. The average Bonchev–Trinajstić information content (AvgIpc) is 2.44. The van der Waals surface area contributed by atoms with Crippen LogP contribution in [0.3, 0.4) is 0 Å². The van der Waals surface area contributed by atoms with Crippen molar-refractivity contribution in [3.63, 3.8) is 0 Å². The van der Waals surface area contributed by atoms with Crippen molar-refractivity contribution in [2.24, 2.45) is 0 Å². The van der Waals surface area contributed by atoms with Crippen molar-refractivity contribution in [3.8, 4) is 11.5 Å². The minimum atomic E-state index is -0.279. The summed E-state index contributed by atoms with van der Waals surface area (Å²) in [6, 6.07) is 0. The number of aldehydes is 1. The summed E-state index contributed by atoms with van der Waals surface area (Å²) >= 11 is 5.99. The van der Waals surface area contributed by atoms with E-state index in [4.69, 9.17) is 11.6 Å². The van der Waals surface area contributed by atoms with Crippen LogP contribution in [0.2, 0.25) is 5.02 Å². The van der Waals surface area contributed by atoms with Crippen LogP contribution in [0.1, 0.15) is 48.7 Å². The summed E-state index contributed by atoms with van der Waals surface area (Å²) in [5.41, 5.74) is 2.31. The van der Waals surface area contributed by atoms with Gasteiger partial charge in [0.05, 0.1) is 10.6 Å². The van der Waals surface area contributed by atoms with Gasteiger partial charge in [-0.3, -0.25) is 9.59 Å². The van der Waals surface area contributed by atoms with Gasteiger partial charge in [-0.2, -0.15) is 0 Å². The summed E-state index contributed by atoms with van der Waals surface area (Å²) in [7, 11) is 0. The number of phenols is 2. The zero-order valence-corrected chi connectivity index (χ0v) is 14.5. The third kappa shape index (κ3) is 4.70. The van der Waals surface area contributed by atoms with Crippen LogP contribution in [0, 0.1) is 6.92 Å². The second-order valence-electron chi connectivity index (χ2n) is 5.77. The molecule has 1 aromatic rings. The molecule has 1 rings (SSSR count). The van der Waals surface area contributed by atoms with Gasteiger partial charge in [0.1, 0.15) is 11.5 Å². The summed E-state index contributed by atoms with van der Waals surface area (Å²) in [6.07, 6.45) is 4.24. The van der Waals surface area contributed by atoms with Crippen LogP contribution in [0.15, 0.2) is 23.3 Å². The van der Waals surface area contributed by atoms with E-state index in [0.29, 0.717) is 11.8 Å². The Bertz CT molecular complexity index is 696. The van der Waals surface area contributed by atoms with Crippen molar-refractivity contribution in [1.29, 1.82) is 0 Å². The first-order valence-electron chi connectivity index (χ1n) is 7.20. The maximum absolute atomic E-state index is 11.7. The van der Waals surface area contributed by atoms with Crippen LogP contribution in [0.5, 0.6) is 11.5 Å². The second-order valence-corrected chi connectivity index (χ2v) is 6.14. The first-order valence-corrected chi connectivity index (χ1v) is 7.58. The minimum absolute atomic E-state index is 0.0114. The highest BCUT2D eigenvalue weighted by Gasteiger charge is 2.19. The lowest BCUT2D eigenvalue weighted by atomic mass is 9.99. The van der Waals surface area contributed by atoms with Crippen LogP contribution in [0.4, 0.5) is 0 Å². The van der Waals surface area contributed by atoms with E-state index in [1.54, 1.807) is 26.0 Å². The monoisotopic (exact) mass is 336 g/mol. The molecule has 0 atom stereocenters. The number of hydrogen-bond donors (Lipinski definition) is 2. The van der Waals surface area contributed by atoms with Crippen molar-refractivity contribution in [3.05, 3.63) is 45.0 Å². The molecule has 0 aromatic heterocycles. The average molecular weight is 337 g/mol. The molecule has 0 fully saturated rings. The van der Waals surface area contributed by atoms with Crippen molar-refractivity contribution >= 4 is 23.7 Å². The van der Waals surface area contributed by atoms with Crippen LogP contribution >= 0.6 is 11.6 Å². The van der Waals surface area contributed by atoms with Crippen molar-refractivity contribution in [2.75, 3.05) is 0 Å². The fourth-order valence-electron chi connectivity index (χ4n) is 2.21. The summed E-state index contributed by atoms with van der Waals surface area (Å²) in [4.78, 5) is 22.8. The minimum Gasteiger partial charge on any atom is -0.507 e. The fraction of sp³-hybridized carbons (Fsp3) is 0.333. The van der Waals surface area contributed by atoms with Crippen LogP contribution in [-0.2, 0) is 11.2 Å². The number of benzene rings is 1. The Morgan fingerprint density at radius 2 is 1.78 bits per heavy atom. The predicted octanol–water partition coefficient (Wildman–Crippen LogP) is 4.29. The number of aromatic hydroxyl groups is 2. The molecule has 5 heteroatoms. The highest BCUT2D eigenvalue weighted by molar-refractivity contribution is 6.33. The van der Waals surface area contributed by atoms with Gasteiger partial charge in [-0.05, 0) is 45.8 Å². The van der Waals surface area contributed by atoms with Crippen molar-refractivity contribution < 1.29 is 19.8 Å². The summed E-state index contributed by atoms with van der Waals surface area (Å²) in [5, 5.41) is 20.3. The zero-order chi connectivity index (χ0) is 17.7. The van der Waals surface area contributed by atoms with Crippen LogP contribution in [0.25, 0.3) is 0 Å². The molecular formula is C18H21ClO4. The third-order valence-electron chi connectivity index (χ3n) is 3.44. The number of allylic oxidation sites excluding steroid dienone is 4. The lowest BCUT2D eigenvalue weighted by Crippen LogP contribution is -1.98. The van der Waals surface area contributed by atoms with Crippen molar-refractivity contribution in [1.82, 2.24) is 0 Å². The maximum Gasteiger partial charge on any atom is 0.159 e. The first kappa shape index (κ1) is 19.0. The number of carbonyl (C=O) groups excluding carboxylic acids is 2. The zero-order valence-electron chi connectivity index (χ0n) is 13.7. The highest BCUT2D eigenvalue weighted by atomic mass is 35.5. The number of carbonyl (C=O) groups is 2. The molecule has 23 heavy (non-hydrogen) atoms. The first-order chi connectivity index (χ1) is 10.7. The third-order valence-corrected chi connectivity index (χ3v) is 3.91. The van der Waals surface area contributed by atoms with Gasteiger partial charge in [0, 0.05) is 12.0 Å². The Kier molecular flexibility index (Phi) is 6.58. The molecule has 0 amide bonds. The molecule has 0 heterocycles. The predicted molar refractivity (Wildman–Crippen MR) is 91.4 cm³/mol. The fourth-order valence-corrected chi connectivity index (χ4v) is 2.43. The maximum atomic E-state index is 11.7. The number of hydrogen-bond acceptors (Lipinski definition) is 4. The van der Waals surface area contributed by atoms with Gasteiger partial charge < -0.3 is 10.2 Å². The summed E-state index contributed by atoms with van der Waals surface area (Å²) in [5.74, 6) is -0.534. The molecule has 0 unspecified atom stereocenters. The van der Waals surface area contributed by atoms with E-state index >= 15 is 0 Å². The van der Waals surface area contributed by atoms with Gasteiger partial charge in [-0.15, -0.1) is 0 Å². The molecule has 4 nitrogen and oxygen atoms in total. The van der Waals surface area contributed by atoms with E-state index in [0.717, 1.165) is 11.1 Å². The van der Waals surface area contributed by atoms with E-state index in [9.17, 15) is 19.8 Å². The Morgan fingerprint density at radius 1 is 1.17 bits per heavy atom. The van der Waals surface area contributed by atoms with Gasteiger partial charge in [0.2, 0.25) is 0 Å². The molecule has 0 bridgehead atoms. The largest absolute Gasteiger partial charge is 0.507 e. The normalized spacial score (nSPS) is 11.3. The molecule has 0 aliphatic heterocycles. The number of phenolic OH excluding ortho intramolecular Hbond substituents is 2. The smallest absolute Gasteiger partial charge is 0.159 e. The Morgan fingerprint density at radius 3 is 2.30 bits per heavy atom. The van der Waals surface area contributed by atoms with Gasteiger partial charge in [0.25, 0.3) is 0 Å². The molecule has 124 valence electrons. The highest BCUT2D eigenvalue weighted by Crippen LogP contribution is 2.40. The number of halogens is 1. The van der Waals surface area contributed by atoms with Crippen LogP contribution < -0.4 is 0 Å².